The van der Waals surface area contributed by atoms with Crippen LogP contribution in [0.3, 0.4) is 0 Å². The SMILES string of the molecule is C=C(N)CS. The molecule has 0 aromatic heterocycles. The average molecular weight is 89.2 g/mol. The van der Waals surface area contributed by atoms with Crippen LogP contribution in [-0.2, 0) is 0 Å². The molecule has 0 saturated carbocycles. The summed E-state index contributed by atoms with van der Waals surface area (Å²) < 4.78 is 0. The maximum Gasteiger partial charge on any atom is 0.0294 e. The summed E-state index contributed by atoms with van der Waals surface area (Å²) >= 11 is 3.79. The van der Waals surface area contributed by atoms with Crippen molar-refractivity contribution in [2.24, 2.45) is 5.73 Å². The van der Waals surface area contributed by atoms with Crippen LogP contribution in [0.5, 0.6) is 0 Å². The van der Waals surface area contributed by atoms with Crippen LogP contribution in [-0.4, -0.2) is 5.75 Å². The molecular weight excluding hydrogens is 82.1 g/mol. The lowest BCUT2D eigenvalue weighted by atomic mass is 10.6. The molecule has 0 bridgehead atoms. The molecule has 0 aliphatic rings. The van der Waals surface area contributed by atoms with Crippen molar-refractivity contribution in [3.05, 3.63) is 12.3 Å². The minimum absolute atomic E-state index is 0.583. The van der Waals surface area contributed by atoms with E-state index in [9.17, 15) is 0 Å². The van der Waals surface area contributed by atoms with Crippen LogP contribution < -0.4 is 5.73 Å². The van der Waals surface area contributed by atoms with Crippen molar-refractivity contribution in [2.75, 3.05) is 5.75 Å². The number of nitrogens with two attached hydrogens (primary N) is 1. The van der Waals surface area contributed by atoms with Crippen LogP contribution in [0.25, 0.3) is 0 Å². The fourth-order valence-corrected chi connectivity index (χ4v) is 0. The van der Waals surface area contributed by atoms with E-state index in [4.69, 9.17) is 5.73 Å². The van der Waals surface area contributed by atoms with Gasteiger partial charge in [-0.05, 0) is 0 Å². The lowest BCUT2D eigenvalue weighted by Crippen LogP contribution is -1.93. The van der Waals surface area contributed by atoms with Crippen molar-refractivity contribution in [1.29, 1.82) is 0 Å². The van der Waals surface area contributed by atoms with Gasteiger partial charge in [0.05, 0.1) is 0 Å². The van der Waals surface area contributed by atoms with Gasteiger partial charge in [0.2, 0.25) is 0 Å². The Bertz CT molecular complexity index is 42.2. The molecule has 0 aliphatic heterocycles. The van der Waals surface area contributed by atoms with Gasteiger partial charge in [0.15, 0.2) is 0 Å². The van der Waals surface area contributed by atoms with E-state index < -0.39 is 0 Å². The molecule has 0 aliphatic carbocycles. The molecule has 0 fully saturated rings. The highest BCUT2D eigenvalue weighted by atomic mass is 32.1. The summed E-state index contributed by atoms with van der Waals surface area (Å²) in [5, 5.41) is 0. The molecule has 0 unspecified atom stereocenters. The van der Waals surface area contributed by atoms with Crippen molar-refractivity contribution in [1.82, 2.24) is 0 Å². The van der Waals surface area contributed by atoms with Crippen LogP contribution in [0.15, 0.2) is 12.3 Å². The van der Waals surface area contributed by atoms with Gasteiger partial charge in [0.25, 0.3) is 0 Å². The van der Waals surface area contributed by atoms with E-state index >= 15 is 0 Å². The zero-order valence-electron chi connectivity index (χ0n) is 2.94. The van der Waals surface area contributed by atoms with Crippen LogP contribution in [0.1, 0.15) is 0 Å². The number of hydrogen-bond acceptors (Lipinski definition) is 2. The second-order valence-electron chi connectivity index (χ2n) is 0.816. The lowest BCUT2D eigenvalue weighted by molar-refractivity contribution is 1.36. The summed E-state index contributed by atoms with van der Waals surface area (Å²) in [4.78, 5) is 0. The predicted octanol–water partition coefficient (Wildman–Crippen LogP) is 0.389. The molecule has 2 N–H and O–H groups in total. The normalized spacial score (nSPS) is 7.40. The summed E-state index contributed by atoms with van der Waals surface area (Å²) in [7, 11) is 0. The minimum Gasteiger partial charge on any atom is -0.402 e. The highest BCUT2D eigenvalue weighted by Gasteiger charge is 1.68. The van der Waals surface area contributed by atoms with E-state index in [1.807, 2.05) is 0 Å². The van der Waals surface area contributed by atoms with Gasteiger partial charge >= 0.3 is 0 Å². The van der Waals surface area contributed by atoms with Crippen LogP contribution in [0.2, 0.25) is 0 Å². The first-order valence-corrected chi connectivity index (χ1v) is 1.94. The van der Waals surface area contributed by atoms with Crippen molar-refractivity contribution in [2.45, 2.75) is 0 Å². The third-order valence-electron chi connectivity index (χ3n) is 0.203. The van der Waals surface area contributed by atoms with E-state index in [0.717, 1.165) is 0 Å². The van der Waals surface area contributed by atoms with Crippen molar-refractivity contribution in [3.8, 4) is 0 Å². The van der Waals surface area contributed by atoms with E-state index in [-0.39, 0.29) is 0 Å². The highest BCUT2D eigenvalue weighted by molar-refractivity contribution is 7.80. The Labute approximate surface area is 37.3 Å². The van der Waals surface area contributed by atoms with Crippen molar-refractivity contribution in [3.63, 3.8) is 0 Å². The van der Waals surface area contributed by atoms with Gasteiger partial charge < -0.3 is 5.73 Å². The third kappa shape index (κ3) is 3.89. The van der Waals surface area contributed by atoms with E-state index in [1.165, 1.54) is 0 Å². The number of hydrogen-bond donors (Lipinski definition) is 2. The second-order valence-corrected chi connectivity index (χ2v) is 1.13. The monoisotopic (exact) mass is 89.0 g/mol. The summed E-state index contributed by atoms with van der Waals surface area (Å²) in [5.74, 6) is 0.583. The summed E-state index contributed by atoms with van der Waals surface area (Å²) in [5.41, 5.74) is 5.64. The molecule has 0 atom stereocenters. The lowest BCUT2D eigenvalue weighted by Gasteiger charge is -1.81. The van der Waals surface area contributed by atoms with E-state index in [1.54, 1.807) is 0 Å². The summed E-state index contributed by atoms with van der Waals surface area (Å²) in [6.45, 7) is 3.38. The number of thiol groups is 1. The van der Waals surface area contributed by atoms with E-state index in [2.05, 4.69) is 19.2 Å². The molecule has 0 saturated heterocycles. The standard InChI is InChI=1S/C3H7NS/c1-3(4)2-5/h5H,1-2,4H2. The Hall–Kier alpha value is -0.110. The molecule has 0 amide bonds. The molecule has 0 aromatic carbocycles. The molecule has 1 nitrogen and oxygen atoms in total. The smallest absolute Gasteiger partial charge is 0.0294 e. The third-order valence-corrected chi connectivity index (χ3v) is 0.609. The van der Waals surface area contributed by atoms with E-state index in [0.29, 0.717) is 11.4 Å². The Morgan fingerprint density at radius 1 is 2.00 bits per heavy atom. The van der Waals surface area contributed by atoms with Gasteiger partial charge in [0.1, 0.15) is 0 Å². The highest BCUT2D eigenvalue weighted by Crippen LogP contribution is 1.76. The van der Waals surface area contributed by atoms with Crippen LogP contribution >= 0.6 is 12.6 Å². The average Bonchev–Trinajstić information content (AvgIpc) is 1.38. The molecule has 0 spiro atoms. The quantitative estimate of drug-likeness (QED) is 0.446. The number of rotatable bonds is 1. The molecular formula is C3H7NS. The summed E-state index contributed by atoms with van der Waals surface area (Å²) in [6.07, 6.45) is 0. The fraction of sp³-hybridized carbons (Fsp3) is 0.333. The molecule has 2 heteroatoms. The first kappa shape index (κ1) is 4.89. The summed E-state index contributed by atoms with van der Waals surface area (Å²) in [6, 6.07) is 0. The Balaban J connectivity index is 2.85. The maximum absolute atomic E-state index is 5.02. The molecule has 0 heterocycles. The van der Waals surface area contributed by atoms with Gasteiger partial charge in [-0.25, -0.2) is 0 Å². The van der Waals surface area contributed by atoms with Crippen LogP contribution in [0.4, 0.5) is 0 Å². The van der Waals surface area contributed by atoms with Gasteiger partial charge in [-0.2, -0.15) is 12.6 Å². The topological polar surface area (TPSA) is 26.0 Å². The van der Waals surface area contributed by atoms with Gasteiger partial charge in [-0.1, -0.05) is 6.58 Å². The molecule has 0 rings (SSSR count). The Kier molecular flexibility index (Phi) is 2.10. The largest absolute Gasteiger partial charge is 0.402 e. The van der Waals surface area contributed by atoms with Gasteiger partial charge in [0, 0.05) is 11.4 Å². The predicted molar refractivity (Wildman–Crippen MR) is 27.2 cm³/mol. The van der Waals surface area contributed by atoms with Gasteiger partial charge in [-0.3, -0.25) is 0 Å². The Morgan fingerprint density at radius 2 is 2.20 bits per heavy atom. The van der Waals surface area contributed by atoms with Crippen LogP contribution in [0, 0.1) is 0 Å². The second kappa shape index (κ2) is 2.15. The zero-order valence-corrected chi connectivity index (χ0v) is 3.83. The van der Waals surface area contributed by atoms with Crippen molar-refractivity contribution >= 4 is 12.6 Å². The maximum atomic E-state index is 5.02. The molecule has 0 radical (unpaired) electrons. The fourth-order valence-electron chi connectivity index (χ4n) is 0. The molecule has 5 heavy (non-hydrogen) atoms. The zero-order chi connectivity index (χ0) is 4.28. The van der Waals surface area contributed by atoms with Crippen molar-refractivity contribution < 1.29 is 0 Å². The Morgan fingerprint density at radius 3 is 2.20 bits per heavy atom. The molecule has 0 aromatic rings. The minimum atomic E-state index is 0.583. The van der Waals surface area contributed by atoms with Gasteiger partial charge in [-0.15, -0.1) is 0 Å². The first-order valence-electron chi connectivity index (χ1n) is 1.31. The first-order chi connectivity index (χ1) is 2.27. The molecule has 30 valence electrons.